The molecule has 1 amide bonds. The lowest BCUT2D eigenvalue weighted by atomic mass is 9.99. The summed E-state index contributed by atoms with van der Waals surface area (Å²) in [6, 6.07) is -0.338. The summed E-state index contributed by atoms with van der Waals surface area (Å²) in [5, 5.41) is 20.8. The van der Waals surface area contributed by atoms with Crippen molar-refractivity contribution in [1.82, 2.24) is 10.2 Å². The fourth-order valence-electron chi connectivity index (χ4n) is 1.94. The SMILES string of the molecule is O=C(O)C1CN(C(=O)C2CC(O)CN2)C1. The van der Waals surface area contributed by atoms with Crippen molar-refractivity contribution >= 4 is 11.9 Å². The van der Waals surface area contributed by atoms with Gasteiger partial charge < -0.3 is 20.4 Å². The smallest absolute Gasteiger partial charge is 0.310 e. The summed E-state index contributed by atoms with van der Waals surface area (Å²) in [5.74, 6) is -1.36. The molecule has 2 saturated heterocycles. The number of rotatable bonds is 2. The fourth-order valence-corrected chi connectivity index (χ4v) is 1.94. The normalized spacial score (nSPS) is 31.4. The number of carbonyl (C=O) groups is 2. The first-order chi connectivity index (χ1) is 7.08. The lowest BCUT2D eigenvalue weighted by molar-refractivity contribution is -0.153. The molecule has 0 spiro atoms. The second kappa shape index (κ2) is 3.79. The van der Waals surface area contributed by atoms with Crippen molar-refractivity contribution in [3.63, 3.8) is 0 Å². The lowest BCUT2D eigenvalue weighted by Gasteiger charge is -2.38. The zero-order valence-electron chi connectivity index (χ0n) is 8.22. The standard InChI is InChI=1S/C9H14N2O4/c12-6-1-7(10-2-6)8(13)11-3-5(4-11)9(14)15/h5-7,10,12H,1-4H2,(H,14,15). The van der Waals surface area contributed by atoms with Crippen LogP contribution in [0.5, 0.6) is 0 Å². The number of aliphatic hydroxyl groups is 1. The number of aliphatic carboxylic acids is 1. The number of hydrogen-bond acceptors (Lipinski definition) is 4. The topological polar surface area (TPSA) is 89.9 Å². The Kier molecular flexibility index (Phi) is 2.62. The predicted molar refractivity (Wildman–Crippen MR) is 50.1 cm³/mol. The molecular formula is C9H14N2O4. The van der Waals surface area contributed by atoms with E-state index in [0.29, 0.717) is 26.1 Å². The van der Waals surface area contributed by atoms with Crippen molar-refractivity contribution in [1.29, 1.82) is 0 Å². The molecule has 84 valence electrons. The molecule has 2 atom stereocenters. The van der Waals surface area contributed by atoms with E-state index in [1.807, 2.05) is 0 Å². The molecule has 0 aromatic heterocycles. The largest absolute Gasteiger partial charge is 0.481 e. The van der Waals surface area contributed by atoms with Crippen molar-refractivity contribution < 1.29 is 19.8 Å². The van der Waals surface area contributed by atoms with Crippen LogP contribution in [0.4, 0.5) is 0 Å². The molecule has 0 saturated carbocycles. The highest BCUT2D eigenvalue weighted by Gasteiger charge is 2.40. The highest BCUT2D eigenvalue weighted by Crippen LogP contribution is 2.19. The Morgan fingerprint density at radius 3 is 2.47 bits per heavy atom. The van der Waals surface area contributed by atoms with Gasteiger partial charge in [0.15, 0.2) is 0 Å². The molecule has 0 aliphatic carbocycles. The fraction of sp³-hybridized carbons (Fsp3) is 0.778. The van der Waals surface area contributed by atoms with E-state index in [4.69, 9.17) is 5.11 Å². The van der Waals surface area contributed by atoms with Crippen molar-refractivity contribution in [2.24, 2.45) is 5.92 Å². The second-order valence-corrected chi connectivity index (χ2v) is 4.13. The van der Waals surface area contributed by atoms with E-state index in [9.17, 15) is 14.7 Å². The van der Waals surface area contributed by atoms with Crippen LogP contribution in [-0.2, 0) is 9.59 Å². The van der Waals surface area contributed by atoms with Crippen LogP contribution in [0, 0.1) is 5.92 Å². The molecular weight excluding hydrogens is 200 g/mol. The minimum absolute atomic E-state index is 0.0935. The zero-order chi connectivity index (χ0) is 11.0. The number of likely N-dealkylation sites (tertiary alicyclic amines) is 1. The molecule has 2 fully saturated rings. The Morgan fingerprint density at radius 1 is 1.33 bits per heavy atom. The summed E-state index contributed by atoms with van der Waals surface area (Å²) >= 11 is 0. The van der Waals surface area contributed by atoms with Crippen LogP contribution >= 0.6 is 0 Å². The summed E-state index contributed by atoms with van der Waals surface area (Å²) in [6.45, 7) is 1.03. The van der Waals surface area contributed by atoms with Gasteiger partial charge in [0.1, 0.15) is 0 Å². The van der Waals surface area contributed by atoms with Crippen molar-refractivity contribution in [3.05, 3.63) is 0 Å². The third kappa shape index (κ3) is 1.95. The monoisotopic (exact) mass is 214 g/mol. The molecule has 0 radical (unpaired) electrons. The minimum Gasteiger partial charge on any atom is -0.481 e. The molecule has 6 heteroatoms. The molecule has 0 bridgehead atoms. The molecule has 3 N–H and O–H groups in total. The maximum absolute atomic E-state index is 11.7. The lowest BCUT2D eigenvalue weighted by Crippen LogP contribution is -2.57. The van der Waals surface area contributed by atoms with E-state index in [1.165, 1.54) is 4.90 Å². The Morgan fingerprint density at radius 2 is 2.00 bits per heavy atom. The van der Waals surface area contributed by atoms with Crippen LogP contribution in [0.1, 0.15) is 6.42 Å². The molecule has 2 heterocycles. The first-order valence-corrected chi connectivity index (χ1v) is 5.01. The number of carboxylic acids is 1. The second-order valence-electron chi connectivity index (χ2n) is 4.13. The van der Waals surface area contributed by atoms with Gasteiger partial charge >= 0.3 is 5.97 Å². The van der Waals surface area contributed by atoms with Gasteiger partial charge in [-0.15, -0.1) is 0 Å². The molecule has 2 rings (SSSR count). The van der Waals surface area contributed by atoms with E-state index < -0.39 is 18.0 Å². The molecule has 0 aromatic carbocycles. The summed E-state index contributed by atoms with van der Waals surface area (Å²) in [7, 11) is 0. The van der Waals surface area contributed by atoms with Gasteiger partial charge in [-0.25, -0.2) is 0 Å². The van der Waals surface area contributed by atoms with Crippen LogP contribution in [0.3, 0.4) is 0 Å². The third-order valence-corrected chi connectivity index (χ3v) is 2.95. The third-order valence-electron chi connectivity index (χ3n) is 2.95. The Balaban J connectivity index is 1.81. The van der Waals surface area contributed by atoms with Crippen LogP contribution in [0.15, 0.2) is 0 Å². The highest BCUT2D eigenvalue weighted by atomic mass is 16.4. The quantitative estimate of drug-likeness (QED) is 0.507. The summed E-state index contributed by atoms with van der Waals surface area (Å²) in [6.07, 6.45) is -0.0388. The van der Waals surface area contributed by atoms with Gasteiger partial charge in [-0.3, -0.25) is 9.59 Å². The average Bonchev–Trinajstić information content (AvgIpc) is 2.48. The number of nitrogens with zero attached hydrogens (tertiary/aromatic N) is 1. The zero-order valence-corrected chi connectivity index (χ0v) is 8.22. The number of carbonyl (C=O) groups excluding carboxylic acids is 1. The number of aliphatic hydroxyl groups excluding tert-OH is 1. The first kappa shape index (κ1) is 10.4. The first-order valence-electron chi connectivity index (χ1n) is 5.01. The maximum Gasteiger partial charge on any atom is 0.310 e. The predicted octanol–water partition coefficient (Wildman–Crippen LogP) is -1.75. The number of nitrogens with one attached hydrogen (secondary N) is 1. The van der Waals surface area contributed by atoms with E-state index in [1.54, 1.807) is 0 Å². The molecule has 2 aliphatic heterocycles. The van der Waals surface area contributed by atoms with Gasteiger partial charge in [-0.05, 0) is 6.42 Å². The number of carboxylic acid groups (broad SMARTS) is 1. The number of amides is 1. The molecule has 15 heavy (non-hydrogen) atoms. The summed E-state index contributed by atoms with van der Waals surface area (Å²) in [5.41, 5.74) is 0. The molecule has 2 aliphatic rings. The molecule has 0 aromatic rings. The van der Waals surface area contributed by atoms with E-state index in [0.717, 1.165) is 0 Å². The summed E-state index contributed by atoms with van der Waals surface area (Å²) < 4.78 is 0. The van der Waals surface area contributed by atoms with Crippen molar-refractivity contribution in [2.45, 2.75) is 18.6 Å². The average molecular weight is 214 g/mol. The van der Waals surface area contributed by atoms with Gasteiger partial charge in [0, 0.05) is 19.6 Å². The minimum atomic E-state index is -0.849. The van der Waals surface area contributed by atoms with Crippen LogP contribution in [-0.4, -0.2) is 58.8 Å². The van der Waals surface area contributed by atoms with Gasteiger partial charge in [0.25, 0.3) is 0 Å². The highest BCUT2D eigenvalue weighted by molar-refractivity contribution is 5.85. The molecule has 6 nitrogen and oxygen atoms in total. The van der Waals surface area contributed by atoms with E-state index in [2.05, 4.69) is 5.32 Å². The Hall–Kier alpha value is -1.14. The van der Waals surface area contributed by atoms with Gasteiger partial charge in [-0.1, -0.05) is 0 Å². The number of hydrogen-bond donors (Lipinski definition) is 3. The van der Waals surface area contributed by atoms with Gasteiger partial charge in [0.2, 0.25) is 5.91 Å². The molecule has 2 unspecified atom stereocenters. The van der Waals surface area contributed by atoms with Crippen LogP contribution in [0.25, 0.3) is 0 Å². The maximum atomic E-state index is 11.7. The number of β-amino-alcohol motifs (C(OH)–C–C–N with tert-alkyl or cyclic N) is 1. The van der Waals surface area contributed by atoms with Crippen LogP contribution < -0.4 is 5.32 Å². The van der Waals surface area contributed by atoms with E-state index >= 15 is 0 Å². The Bertz CT molecular complexity index is 288. The van der Waals surface area contributed by atoms with Gasteiger partial charge in [-0.2, -0.15) is 0 Å². The summed E-state index contributed by atoms with van der Waals surface area (Å²) in [4.78, 5) is 23.8. The van der Waals surface area contributed by atoms with Crippen LogP contribution in [0.2, 0.25) is 0 Å². The van der Waals surface area contributed by atoms with Crippen molar-refractivity contribution in [3.8, 4) is 0 Å². The van der Waals surface area contributed by atoms with Crippen molar-refractivity contribution in [2.75, 3.05) is 19.6 Å². The van der Waals surface area contributed by atoms with E-state index in [-0.39, 0.29) is 11.9 Å². The Labute approximate surface area is 86.9 Å². The van der Waals surface area contributed by atoms with Gasteiger partial charge in [0.05, 0.1) is 18.1 Å².